The van der Waals surface area contributed by atoms with Crippen LogP contribution in [0, 0.1) is 12.8 Å². The van der Waals surface area contributed by atoms with Gasteiger partial charge in [0.25, 0.3) is 11.8 Å². The van der Waals surface area contributed by atoms with Crippen LogP contribution in [0.3, 0.4) is 0 Å². The number of nitrogens with zero attached hydrogens (tertiary/aromatic N) is 1. The summed E-state index contributed by atoms with van der Waals surface area (Å²) in [5.74, 6) is -0.901. The minimum Gasteiger partial charge on any atom is -0.455 e. The Morgan fingerprint density at radius 1 is 1.14 bits per heavy atom. The summed E-state index contributed by atoms with van der Waals surface area (Å²) in [6, 6.07) is 11.7. The van der Waals surface area contributed by atoms with Crippen molar-refractivity contribution < 1.29 is 19.1 Å². The first-order valence-electron chi connectivity index (χ1n) is 9.85. The zero-order chi connectivity index (χ0) is 20.6. The van der Waals surface area contributed by atoms with Crippen LogP contribution in [0.15, 0.2) is 41.8 Å². The molecule has 2 amide bonds. The second-order valence-electron chi connectivity index (χ2n) is 7.18. The summed E-state index contributed by atoms with van der Waals surface area (Å²) < 4.78 is 5.19. The Labute approximate surface area is 174 Å². The van der Waals surface area contributed by atoms with E-state index in [1.54, 1.807) is 4.90 Å². The van der Waals surface area contributed by atoms with Crippen molar-refractivity contribution in [2.45, 2.75) is 26.2 Å². The van der Waals surface area contributed by atoms with E-state index in [2.05, 4.69) is 5.32 Å². The number of carbonyl (C=O) groups excluding carboxylic acids is 3. The molecule has 1 fully saturated rings. The van der Waals surface area contributed by atoms with Gasteiger partial charge >= 0.3 is 5.97 Å². The van der Waals surface area contributed by atoms with Crippen molar-refractivity contribution in [3.63, 3.8) is 0 Å². The molecule has 7 heteroatoms. The SMILES string of the molecule is Cc1ccccc1CCNC(=O)COC(=O)C1CCN(C(=O)c2cccs2)CC1. The highest BCUT2D eigenvalue weighted by molar-refractivity contribution is 7.12. The first-order chi connectivity index (χ1) is 14.0. The lowest BCUT2D eigenvalue weighted by molar-refractivity contribution is -0.153. The summed E-state index contributed by atoms with van der Waals surface area (Å²) in [5, 5.41) is 4.66. The molecule has 1 aromatic carbocycles. The predicted octanol–water partition coefficient (Wildman–Crippen LogP) is 2.81. The van der Waals surface area contributed by atoms with Crippen molar-refractivity contribution >= 4 is 29.1 Å². The van der Waals surface area contributed by atoms with E-state index >= 15 is 0 Å². The number of hydrogen-bond acceptors (Lipinski definition) is 5. The average Bonchev–Trinajstić information content (AvgIpc) is 3.28. The van der Waals surface area contributed by atoms with E-state index in [1.165, 1.54) is 22.5 Å². The lowest BCUT2D eigenvalue weighted by atomic mass is 9.97. The van der Waals surface area contributed by atoms with Gasteiger partial charge in [0.1, 0.15) is 0 Å². The van der Waals surface area contributed by atoms with E-state index in [0.29, 0.717) is 37.4 Å². The molecular formula is C22H26N2O4S. The van der Waals surface area contributed by atoms with Crippen LogP contribution in [0.2, 0.25) is 0 Å². The number of rotatable bonds is 7. The molecule has 0 radical (unpaired) electrons. The van der Waals surface area contributed by atoms with Gasteiger partial charge in [-0.2, -0.15) is 0 Å². The van der Waals surface area contributed by atoms with Crippen LogP contribution in [0.1, 0.15) is 33.6 Å². The number of piperidine rings is 1. The minimum absolute atomic E-state index is 0.0137. The first-order valence-corrected chi connectivity index (χ1v) is 10.7. The van der Waals surface area contributed by atoms with E-state index in [9.17, 15) is 14.4 Å². The van der Waals surface area contributed by atoms with Gasteiger partial charge < -0.3 is 15.0 Å². The normalized spacial score (nSPS) is 14.4. The molecule has 6 nitrogen and oxygen atoms in total. The van der Waals surface area contributed by atoms with Gasteiger partial charge in [-0.15, -0.1) is 11.3 Å². The van der Waals surface area contributed by atoms with Crippen LogP contribution in [-0.4, -0.2) is 48.9 Å². The van der Waals surface area contributed by atoms with Crippen LogP contribution < -0.4 is 5.32 Å². The minimum atomic E-state index is -0.359. The molecule has 3 rings (SSSR count). The summed E-state index contributed by atoms with van der Waals surface area (Å²) in [6.07, 6.45) is 1.86. The number of esters is 1. The van der Waals surface area contributed by atoms with Crippen molar-refractivity contribution in [1.29, 1.82) is 0 Å². The lowest BCUT2D eigenvalue weighted by Gasteiger charge is -2.30. The third-order valence-electron chi connectivity index (χ3n) is 5.17. The highest BCUT2D eigenvalue weighted by atomic mass is 32.1. The molecule has 1 saturated heterocycles. The van der Waals surface area contributed by atoms with Crippen molar-refractivity contribution in [2.24, 2.45) is 5.92 Å². The molecule has 1 aliphatic rings. The predicted molar refractivity (Wildman–Crippen MR) is 112 cm³/mol. The zero-order valence-electron chi connectivity index (χ0n) is 16.6. The zero-order valence-corrected chi connectivity index (χ0v) is 17.4. The van der Waals surface area contributed by atoms with Crippen molar-refractivity contribution in [1.82, 2.24) is 10.2 Å². The molecule has 154 valence electrons. The maximum Gasteiger partial charge on any atom is 0.309 e. The third-order valence-corrected chi connectivity index (χ3v) is 6.03. The quantitative estimate of drug-likeness (QED) is 0.707. The van der Waals surface area contributed by atoms with Crippen LogP contribution >= 0.6 is 11.3 Å². The number of thiophene rings is 1. The largest absolute Gasteiger partial charge is 0.455 e. The molecule has 1 aromatic heterocycles. The Kier molecular flexibility index (Phi) is 7.41. The van der Waals surface area contributed by atoms with Crippen LogP contribution in [-0.2, 0) is 20.7 Å². The van der Waals surface area contributed by atoms with Gasteiger partial charge in [-0.3, -0.25) is 14.4 Å². The Morgan fingerprint density at radius 2 is 1.90 bits per heavy atom. The molecule has 1 N–H and O–H groups in total. The Balaban J connectivity index is 1.34. The summed E-state index contributed by atoms with van der Waals surface area (Å²) in [6.45, 7) is 3.34. The molecule has 0 unspecified atom stereocenters. The first kappa shape index (κ1) is 21.0. The second-order valence-corrected chi connectivity index (χ2v) is 8.13. The molecule has 0 atom stereocenters. The van der Waals surface area contributed by atoms with Gasteiger partial charge in [-0.05, 0) is 48.8 Å². The molecule has 0 bridgehead atoms. The molecule has 1 aliphatic heterocycles. The smallest absolute Gasteiger partial charge is 0.309 e. The number of carbonyl (C=O) groups is 3. The van der Waals surface area contributed by atoms with Gasteiger partial charge in [-0.1, -0.05) is 30.3 Å². The fourth-order valence-corrected chi connectivity index (χ4v) is 4.10. The number of ether oxygens (including phenoxy) is 1. The van der Waals surface area contributed by atoms with Crippen LogP contribution in [0.4, 0.5) is 0 Å². The number of nitrogens with one attached hydrogen (secondary N) is 1. The monoisotopic (exact) mass is 414 g/mol. The molecule has 0 spiro atoms. The summed E-state index contributed by atoms with van der Waals surface area (Å²) in [7, 11) is 0. The molecule has 29 heavy (non-hydrogen) atoms. The molecule has 2 aromatic rings. The fraction of sp³-hybridized carbons (Fsp3) is 0.409. The lowest BCUT2D eigenvalue weighted by Crippen LogP contribution is -2.41. The number of benzene rings is 1. The highest BCUT2D eigenvalue weighted by Crippen LogP contribution is 2.21. The van der Waals surface area contributed by atoms with Crippen molar-refractivity contribution in [2.75, 3.05) is 26.2 Å². The van der Waals surface area contributed by atoms with Crippen LogP contribution in [0.25, 0.3) is 0 Å². The average molecular weight is 415 g/mol. The van der Waals surface area contributed by atoms with Gasteiger partial charge in [0, 0.05) is 19.6 Å². The van der Waals surface area contributed by atoms with Gasteiger partial charge in [0.05, 0.1) is 10.8 Å². The maximum absolute atomic E-state index is 12.3. The van der Waals surface area contributed by atoms with Crippen molar-refractivity contribution in [3.8, 4) is 0 Å². The molecular weight excluding hydrogens is 388 g/mol. The van der Waals surface area contributed by atoms with Crippen LogP contribution in [0.5, 0.6) is 0 Å². The highest BCUT2D eigenvalue weighted by Gasteiger charge is 2.29. The summed E-state index contributed by atoms with van der Waals surface area (Å²) in [5.41, 5.74) is 2.38. The summed E-state index contributed by atoms with van der Waals surface area (Å²) >= 11 is 1.42. The standard InChI is InChI=1S/C22H26N2O4S/c1-16-5-2-3-6-17(16)8-11-23-20(25)15-28-22(27)18-9-12-24(13-10-18)21(26)19-7-4-14-29-19/h2-7,14,18H,8-13,15H2,1H3,(H,23,25). The number of likely N-dealkylation sites (tertiary alicyclic amines) is 1. The molecule has 0 aliphatic carbocycles. The topological polar surface area (TPSA) is 75.7 Å². The van der Waals surface area contributed by atoms with E-state index in [1.807, 2.05) is 48.7 Å². The fourth-order valence-electron chi connectivity index (χ4n) is 3.41. The Hall–Kier alpha value is -2.67. The Bertz CT molecular complexity index is 842. The van der Waals surface area contributed by atoms with Gasteiger partial charge in [-0.25, -0.2) is 0 Å². The number of hydrogen-bond donors (Lipinski definition) is 1. The van der Waals surface area contributed by atoms with Crippen molar-refractivity contribution in [3.05, 3.63) is 57.8 Å². The van der Waals surface area contributed by atoms with Gasteiger partial charge in [0.2, 0.25) is 0 Å². The Morgan fingerprint density at radius 3 is 2.59 bits per heavy atom. The van der Waals surface area contributed by atoms with E-state index in [-0.39, 0.29) is 30.3 Å². The summed E-state index contributed by atoms with van der Waals surface area (Å²) in [4.78, 5) is 39.0. The number of amides is 2. The third kappa shape index (κ3) is 5.90. The van der Waals surface area contributed by atoms with Gasteiger partial charge in [0.15, 0.2) is 6.61 Å². The number of aryl methyl sites for hydroxylation is 1. The maximum atomic E-state index is 12.3. The van der Waals surface area contributed by atoms with E-state index in [0.717, 1.165) is 6.42 Å². The molecule has 0 saturated carbocycles. The second kappa shape index (κ2) is 10.2. The van der Waals surface area contributed by atoms with E-state index in [4.69, 9.17) is 4.74 Å². The van der Waals surface area contributed by atoms with E-state index < -0.39 is 0 Å². The molecule has 2 heterocycles.